The van der Waals surface area contributed by atoms with Crippen LogP contribution in [-0.2, 0) is 9.59 Å². The van der Waals surface area contributed by atoms with E-state index < -0.39 is 12.0 Å². The predicted octanol–water partition coefficient (Wildman–Crippen LogP) is 1.30. The molecule has 1 aliphatic rings. The molecule has 1 unspecified atom stereocenters. The molecule has 1 amide bonds. The third-order valence-corrected chi connectivity index (χ3v) is 3.07. The Morgan fingerprint density at radius 3 is 2.40 bits per heavy atom. The molecule has 7 heteroatoms. The van der Waals surface area contributed by atoms with Crippen LogP contribution in [0.4, 0.5) is 11.4 Å². The van der Waals surface area contributed by atoms with E-state index in [0.29, 0.717) is 22.9 Å². The summed E-state index contributed by atoms with van der Waals surface area (Å²) in [6, 6.07) is 2.80. The van der Waals surface area contributed by atoms with Crippen molar-refractivity contribution in [2.24, 2.45) is 0 Å². The van der Waals surface area contributed by atoms with Crippen molar-refractivity contribution in [2.45, 2.75) is 18.9 Å². The summed E-state index contributed by atoms with van der Waals surface area (Å²) in [5.74, 6) is -0.145. The van der Waals surface area contributed by atoms with E-state index in [1.807, 2.05) is 0 Å². The number of ether oxygens (including phenoxy) is 2. The molecule has 0 saturated heterocycles. The highest BCUT2D eigenvalue weighted by Crippen LogP contribution is 2.38. The third kappa shape index (κ3) is 2.76. The number of amides is 1. The van der Waals surface area contributed by atoms with Crippen molar-refractivity contribution in [3.8, 4) is 11.5 Å². The van der Waals surface area contributed by atoms with Gasteiger partial charge in [0.15, 0.2) is 11.5 Å². The molecule has 2 rings (SSSR count). The van der Waals surface area contributed by atoms with Crippen LogP contribution in [0.15, 0.2) is 12.1 Å². The summed E-state index contributed by atoms with van der Waals surface area (Å²) in [7, 11) is 3.03. The molecule has 0 aliphatic carbocycles. The molecule has 108 valence electrons. The van der Waals surface area contributed by atoms with Crippen molar-refractivity contribution >= 4 is 23.3 Å². The van der Waals surface area contributed by atoms with Gasteiger partial charge in [-0.05, 0) is 6.42 Å². The standard InChI is InChI=1S/C13H16N2O5/c1-19-10-5-8-9(6-11(10)20-2)15-13(18)7(14-8)3-4-12(16)17/h5-7,14H,3-4H2,1-2H3,(H,15,18)(H,16,17). The molecule has 3 N–H and O–H groups in total. The molecular formula is C13H16N2O5. The Kier molecular flexibility index (Phi) is 3.97. The molecule has 1 aromatic carbocycles. The number of hydrogen-bond acceptors (Lipinski definition) is 5. The SMILES string of the molecule is COc1cc2c(cc1OC)NC(CCC(=O)O)C(=O)N2. The van der Waals surface area contributed by atoms with Gasteiger partial charge >= 0.3 is 5.97 Å². The molecule has 1 heterocycles. The van der Waals surface area contributed by atoms with Gasteiger partial charge in [0.05, 0.1) is 25.6 Å². The first-order valence-corrected chi connectivity index (χ1v) is 6.10. The van der Waals surface area contributed by atoms with Crippen molar-refractivity contribution < 1.29 is 24.2 Å². The minimum atomic E-state index is -0.933. The maximum absolute atomic E-state index is 11.9. The van der Waals surface area contributed by atoms with E-state index in [4.69, 9.17) is 14.6 Å². The summed E-state index contributed by atoms with van der Waals surface area (Å²) in [4.78, 5) is 22.5. The zero-order chi connectivity index (χ0) is 14.7. The van der Waals surface area contributed by atoms with Crippen LogP contribution >= 0.6 is 0 Å². The number of carbonyl (C=O) groups excluding carboxylic acids is 1. The molecule has 1 atom stereocenters. The van der Waals surface area contributed by atoms with Crippen molar-refractivity contribution in [3.63, 3.8) is 0 Å². The number of fused-ring (bicyclic) bond motifs is 1. The number of anilines is 2. The molecule has 1 aliphatic heterocycles. The lowest BCUT2D eigenvalue weighted by molar-refractivity contribution is -0.137. The molecule has 0 fully saturated rings. The van der Waals surface area contributed by atoms with Crippen molar-refractivity contribution in [2.75, 3.05) is 24.9 Å². The lowest BCUT2D eigenvalue weighted by Gasteiger charge is -2.27. The normalized spacial score (nSPS) is 16.7. The van der Waals surface area contributed by atoms with Crippen LogP contribution < -0.4 is 20.1 Å². The number of rotatable bonds is 5. The average molecular weight is 280 g/mol. The van der Waals surface area contributed by atoms with E-state index in [-0.39, 0.29) is 18.7 Å². The lowest BCUT2D eigenvalue weighted by Crippen LogP contribution is -2.39. The summed E-state index contributed by atoms with van der Waals surface area (Å²) in [6.07, 6.45) is 0.142. The molecule has 0 aromatic heterocycles. The van der Waals surface area contributed by atoms with E-state index in [2.05, 4.69) is 10.6 Å². The summed E-state index contributed by atoms with van der Waals surface area (Å²) in [5, 5.41) is 14.4. The highest BCUT2D eigenvalue weighted by molar-refractivity contribution is 6.03. The second kappa shape index (κ2) is 5.68. The fourth-order valence-electron chi connectivity index (χ4n) is 2.05. The van der Waals surface area contributed by atoms with Crippen LogP contribution in [0.3, 0.4) is 0 Å². The van der Waals surface area contributed by atoms with Crippen molar-refractivity contribution in [1.82, 2.24) is 0 Å². The number of carbonyl (C=O) groups is 2. The van der Waals surface area contributed by atoms with Crippen LogP contribution in [0.25, 0.3) is 0 Å². The Bertz CT molecular complexity index is 544. The molecule has 20 heavy (non-hydrogen) atoms. The highest BCUT2D eigenvalue weighted by Gasteiger charge is 2.27. The minimum Gasteiger partial charge on any atom is -0.493 e. The Morgan fingerprint density at radius 1 is 1.25 bits per heavy atom. The van der Waals surface area contributed by atoms with E-state index in [1.165, 1.54) is 14.2 Å². The van der Waals surface area contributed by atoms with E-state index in [1.54, 1.807) is 12.1 Å². The maximum atomic E-state index is 11.9. The number of benzene rings is 1. The van der Waals surface area contributed by atoms with E-state index in [9.17, 15) is 9.59 Å². The van der Waals surface area contributed by atoms with Crippen LogP contribution in [0.1, 0.15) is 12.8 Å². The smallest absolute Gasteiger partial charge is 0.303 e. The quantitative estimate of drug-likeness (QED) is 0.752. The molecule has 7 nitrogen and oxygen atoms in total. The van der Waals surface area contributed by atoms with Gasteiger partial charge in [-0.25, -0.2) is 0 Å². The Balaban J connectivity index is 2.23. The fraction of sp³-hybridized carbons (Fsp3) is 0.385. The van der Waals surface area contributed by atoms with Gasteiger partial charge in [-0.3, -0.25) is 9.59 Å². The second-order valence-corrected chi connectivity index (χ2v) is 4.37. The first-order chi connectivity index (χ1) is 9.55. The number of methoxy groups -OCH3 is 2. The molecular weight excluding hydrogens is 264 g/mol. The molecule has 0 bridgehead atoms. The number of aliphatic carboxylic acids is 1. The van der Waals surface area contributed by atoms with Crippen molar-refractivity contribution in [3.05, 3.63) is 12.1 Å². The van der Waals surface area contributed by atoms with Crippen LogP contribution in [0.5, 0.6) is 11.5 Å². The predicted molar refractivity (Wildman–Crippen MR) is 72.5 cm³/mol. The fourth-order valence-corrected chi connectivity index (χ4v) is 2.05. The molecule has 0 saturated carbocycles. The summed E-state index contributed by atoms with van der Waals surface area (Å²) < 4.78 is 10.4. The van der Waals surface area contributed by atoms with Gasteiger partial charge in [0, 0.05) is 18.6 Å². The zero-order valence-electron chi connectivity index (χ0n) is 11.2. The molecule has 1 aromatic rings. The second-order valence-electron chi connectivity index (χ2n) is 4.37. The minimum absolute atomic E-state index is 0.0757. The van der Waals surface area contributed by atoms with Gasteiger partial charge in [-0.1, -0.05) is 0 Å². The zero-order valence-corrected chi connectivity index (χ0v) is 11.2. The van der Waals surface area contributed by atoms with Crippen molar-refractivity contribution in [1.29, 1.82) is 0 Å². The average Bonchev–Trinajstić information content (AvgIpc) is 2.43. The van der Waals surface area contributed by atoms with Gasteiger partial charge in [-0.2, -0.15) is 0 Å². The van der Waals surface area contributed by atoms with Gasteiger partial charge in [0.25, 0.3) is 0 Å². The first kappa shape index (κ1) is 14.0. The van der Waals surface area contributed by atoms with Crippen LogP contribution in [-0.4, -0.2) is 37.2 Å². The van der Waals surface area contributed by atoms with E-state index >= 15 is 0 Å². The lowest BCUT2D eigenvalue weighted by atomic mass is 10.1. The number of hydrogen-bond donors (Lipinski definition) is 3. The largest absolute Gasteiger partial charge is 0.493 e. The number of nitrogens with one attached hydrogen (secondary N) is 2. The van der Waals surface area contributed by atoms with E-state index in [0.717, 1.165) is 0 Å². The number of carboxylic acid groups (broad SMARTS) is 1. The summed E-state index contributed by atoms with van der Waals surface area (Å²) in [5.41, 5.74) is 1.26. The molecule has 0 spiro atoms. The topological polar surface area (TPSA) is 96.9 Å². The monoisotopic (exact) mass is 280 g/mol. The Labute approximate surface area is 115 Å². The third-order valence-electron chi connectivity index (χ3n) is 3.07. The van der Waals surface area contributed by atoms with Gasteiger partial charge in [-0.15, -0.1) is 0 Å². The maximum Gasteiger partial charge on any atom is 0.303 e. The summed E-state index contributed by atoms with van der Waals surface area (Å²) in [6.45, 7) is 0. The Hall–Kier alpha value is -2.44. The molecule has 0 radical (unpaired) electrons. The van der Waals surface area contributed by atoms with Gasteiger partial charge in [0.1, 0.15) is 6.04 Å². The highest BCUT2D eigenvalue weighted by atomic mass is 16.5. The van der Waals surface area contributed by atoms with Crippen LogP contribution in [0.2, 0.25) is 0 Å². The first-order valence-electron chi connectivity index (χ1n) is 6.10. The summed E-state index contributed by atoms with van der Waals surface area (Å²) >= 11 is 0. The Morgan fingerprint density at radius 2 is 1.85 bits per heavy atom. The van der Waals surface area contributed by atoms with Gasteiger partial charge in [0.2, 0.25) is 5.91 Å². The van der Waals surface area contributed by atoms with Crippen LogP contribution in [0, 0.1) is 0 Å². The van der Waals surface area contributed by atoms with Gasteiger partial charge < -0.3 is 25.2 Å². The number of carboxylic acids is 1.